The molecule has 172 valence electrons. The van der Waals surface area contributed by atoms with Crippen LogP contribution in [0.25, 0.3) is 0 Å². The number of methoxy groups -OCH3 is 2. The molecule has 1 aliphatic heterocycles. The zero-order valence-electron chi connectivity index (χ0n) is 17.9. The van der Waals surface area contributed by atoms with Crippen LogP contribution >= 0.6 is 23.2 Å². The number of hydrogen-bond acceptors (Lipinski definition) is 9. The first kappa shape index (κ1) is 25.2. The predicted octanol–water partition coefficient (Wildman–Crippen LogP) is 2.37. The van der Waals surface area contributed by atoms with E-state index in [0.29, 0.717) is 11.4 Å². The van der Waals surface area contributed by atoms with E-state index in [0.717, 1.165) is 14.2 Å². The average Bonchev–Trinajstić information content (AvgIpc) is 2.73. The Balaban J connectivity index is 2.31. The number of aromatic nitrogens is 1. The molecule has 0 saturated carbocycles. The van der Waals surface area contributed by atoms with Crippen molar-refractivity contribution in [2.24, 2.45) is 5.92 Å². The molecule has 0 radical (unpaired) electrons. The highest BCUT2D eigenvalue weighted by Gasteiger charge is 2.43. The van der Waals surface area contributed by atoms with Crippen LogP contribution in [0, 0.1) is 5.92 Å². The summed E-state index contributed by atoms with van der Waals surface area (Å²) >= 11 is 11.8. The highest BCUT2D eigenvalue weighted by atomic mass is 35.5. The SMILES string of the molecule is COC(=O)C1=C(C)NC(C)=C(C(=O)OC)C1C(=O)O[C@H](C)C(=O)Nc1ncc(Cl)cc1Cl. The van der Waals surface area contributed by atoms with Crippen molar-refractivity contribution >= 4 is 52.8 Å². The molecule has 1 aromatic rings. The molecular formula is C20H21Cl2N3O7. The smallest absolute Gasteiger partial charge is 0.336 e. The van der Waals surface area contributed by atoms with E-state index in [4.69, 9.17) is 37.4 Å². The van der Waals surface area contributed by atoms with Crippen LogP contribution in [0.1, 0.15) is 20.8 Å². The zero-order valence-corrected chi connectivity index (χ0v) is 19.4. The largest absolute Gasteiger partial charge is 0.466 e. The number of halogens is 2. The van der Waals surface area contributed by atoms with Gasteiger partial charge < -0.3 is 24.8 Å². The maximum atomic E-state index is 13.1. The molecule has 0 saturated heterocycles. The summed E-state index contributed by atoms with van der Waals surface area (Å²) in [5, 5.41) is 5.62. The number of hydrogen-bond donors (Lipinski definition) is 2. The number of pyridine rings is 1. The fourth-order valence-corrected chi connectivity index (χ4v) is 3.44. The van der Waals surface area contributed by atoms with Gasteiger partial charge in [-0.25, -0.2) is 14.6 Å². The van der Waals surface area contributed by atoms with Crippen LogP contribution in [0.2, 0.25) is 10.0 Å². The quantitative estimate of drug-likeness (QED) is 0.459. The summed E-state index contributed by atoms with van der Waals surface area (Å²) in [4.78, 5) is 54.2. The molecule has 12 heteroatoms. The molecule has 0 spiro atoms. The third kappa shape index (κ3) is 5.38. The molecule has 0 bridgehead atoms. The first-order chi connectivity index (χ1) is 15.0. The van der Waals surface area contributed by atoms with Crippen molar-refractivity contribution in [3.05, 3.63) is 44.8 Å². The number of rotatable bonds is 6. The number of anilines is 1. The molecule has 2 N–H and O–H groups in total. The molecule has 2 rings (SSSR count). The van der Waals surface area contributed by atoms with Crippen LogP contribution in [0.15, 0.2) is 34.8 Å². The molecule has 10 nitrogen and oxygen atoms in total. The highest BCUT2D eigenvalue weighted by molar-refractivity contribution is 6.36. The minimum Gasteiger partial charge on any atom is -0.466 e. The van der Waals surface area contributed by atoms with E-state index in [1.54, 1.807) is 0 Å². The van der Waals surface area contributed by atoms with Gasteiger partial charge in [0.25, 0.3) is 5.91 Å². The van der Waals surface area contributed by atoms with Gasteiger partial charge in [-0.2, -0.15) is 0 Å². The number of dihydropyridines is 1. The molecule has 0 aromatic carbocycles. The number of carbonyl (C=O) groups is 4. The molecule has 1 aliphatic rings. The normalized spacial score (nSPS) is 15.0. The van der Waals surface area contributed by atoms with E-state index in [1.807, 2.05) is 0 Å². The molecule has 1 aromatic heterocycles. The Labute approximate surface area is 193 Å². The zero-order chi connectivity index (χ0) is 24.2. The van der Waals surface area contributed by atoms with Crippen LogP contribution in [0.3, 0.4) is 0 Å². The summed E-state index contributed by atoms with van der Waals surface area (Å²) < 4.78 is 14.8. The first-order valence-electron chi connectivity index (χ1n) is 9.19. The fourth-order valence-electron chi connectivity index (χ4n) is 3.01. The topological polar surface area (TPSA) is 133 Å². The van der Waals surface area contributed by atoms with Gasteiger partial charge in [0, 0.05) is 17.6 Å². The van der Waals surface area contributed by atoms with E-state index in [1.165, 1.54) is 33.0 Å². The van der Waals surface area contributed by atoms with Crippen molar-refractivity contribution in [1.29, 1.82) is 0 Å². The number of nitrogens with one attached hydrogen (secondary N) is 2. The second-order valence-corrected chi connectivity index (χ2v) is 7.51. The van der Waals surface area contributed by atoms with Crippen LogP contribution in [0.4, 0.5) is 5.82 Å². The summed E-state index contributed by atoms with van der Waals surface area (Å²) in [7, 11) is 2.26. The lowest BCUT2D eigenvalue weighted by atomic mass is 9.85. The predicted molar refractivity (Wildman–Crippen MR) is 114 cm³/mol. The number of allylic oxidation sites excluding steroid dienone is 2. The van der Waals surface area contributed by atoms with Crippen molar-refractivity contribution in [1.82, 2.24) is 10.3 Å². The Morgan fingerprint density at radius 1 is 1.06 bits per heavy atom. The second-order valence-electron chi connectivity index (χ2n) is 6.67. The van der Waals surface area contributed by atoms with Gasteiger partial charge >= 0.3 is 17.9 Å². The minimum atomic E-state index is -1.47. The summed E-state index contributed by atoms with van der Waals surface area (Å²) in [6, 6.07) is 1.38. The van der Waals surface area contributed by atoms with Gasteiger partial charge in [-0.1, -0.05) is 23.2 Å². The third-order valence-corrected chi connectivity index (χ3v) is 5.01. The van der Waals surface area contributed by atoms with E-state index in [2.05, 4.69) is 15.6 Å². The van der Waals surface area contributed by atoms with Gasteiger partial charge in [0.1, 0.15) is 5.92 Å². The molecule has 1 atom stereocenters. The van der Waals surface area contributed by atoms with Gasteiger partial charge in [-0.3, -0.25) is 9.59 Å². The standard InChI is InChI=1S/C20H21Cl2N3O7/c1-8-13(18(27)30-4)15(14(9(2)24-8)19(28)31-5)20(29)32-10(3)17(26)25-16-12(22)6-11(21)7-23-16/h6-7,10,15,24H,1-5H3,(H,23,25,26)/t10-/m1/s1. The van der Waals surface area contributed by atoms with Crippen molar-refractivity contribution in [3.63, 3.8) is 0 Å². The Morgan fingerprint density at radius 2 is 1.59 bits per heavy atom. The number of ether oxygens (including phenoxy) is 3. The summed E-state index contributed by atoms with van der Waals surface area (Å²) in [6.45, 7) is 4.38. The summed E-state index contributed by atoms with van der Waals surface area (Å²) in [5.74, 6) is -4.92. The molecular weight excluding hydrogens is 465 g/mol. The number of amides is 1. The van der Waals surface area contributed by atoms with Crippen LogP contribution in [0.5, 0.6) is 0 Å². The molecule has 0 unspecified atom stereocenters. The molecule has 2 heterocycles. The average molecular weight is 486 g/mol. The maximum Gasteiger partial charge on any atom is 0.336 e. The number of carbonyl (C=O) groups excluding carboxylic acids is 4. The van der Waals surface area contributed by atoms with E-state index < -0.39 is 35.8 Å². The van der Waals surface area contributed by atoms with Gasteiger partial charge in [0.2, 0.25) is 0 Å². The molecule has 1 amide bonds. The van der Waals surface area contributed by atoms with Crippen molar-refractivity contribution < 1.29 is 33.4 Å². The molecule has 0 aliphatic carbocycles. The molecule has 32 heavy (non-hydrogen) atoms. The summed E-state index contributed by atoms with van der Waals surface area (Å²) in [5.41, 5.74) is 0.299. The van der Waals surface area contributed by atoms with Gasteiger partial charge in [-0.05, 0) is 26.8 Å². The molecule has 0 fully saturated rings. The fraction of sp³-hybridized carbons (Fsp3) is 0.350. The minimum absolute atomic E-state index is 0.0165. The highest BCUT2D eigenvalue weighted by Crippen LogP contribution is 2.32. The van der Waals surface area contributed by atoms with Crippen molar-refractivity contribution in [3.8, 4) is 0 Å². The van der Waals surface area contributed by atoms with Crippen molar-refractivity contribution in [2.75, 3.05) is 19.5 Å². The lowest BCUT2D eigenvalue weighted by Gasteiger charge is -2.29. The van der Waals surface area contributed by atoms with E-state index in [9.17, 15) is 19.2 Å². The lowest BCUT2D eigenvalue weighted by molar-refractivity contribution is -0.157. The van der Waals surface area contributed by atoms with Gasteiger partial charge in [-0.15, -0.1) is 0 Å². The Morgan fingerprint density at radius 3 is 2.06 bits per heavy atom. The number of nitrogens with zero attached hydrogens (tertiary/aromatic N) is 1. The van der Waals surface area contributed by atoms with E-state index >= 15 is 0 Å². The van der Waals surface area contributed by atoms with Crippen LogP contribution in [-0.4, -0.2) is 49.1 Å². The summed E-state index contributed by atoms with van der Waals surface area (Å²) in [6.07, 6.45) is -0.0504. The number of esters is 3. The van der Waals surface area contributed by atoms with Crippen LogP contribution in [-0.2, 0) is 33.4 Å². The Kier molecular flexibility index (Phi) is 8.23. The second kappa shape index (κ2) is 10.5. The maximum absolute atomic E-state index is 13.1. The van der Waals surface area contributed by atoms with Crippen molar-refractivity contribution in [2.45, 2.75) is 26.9 Å². The van der Waals surface area contributed by atoms with E-state index in [-0.39, 0.29) is 27.0 Å². The Hall–Kier alpha value is -3.11. The van der Waals surface area contributed by atoms with Gasteiger partial charge in [0.15, 0.2) is 11.9 Å². The first-order valence-corrected chi connectivity index (χ1v) is 9.94. The van der Waals surface area contributed by atoms with Crippen LogP contribution < -0.4 is 10.6 Å². The Bertz CT molecular complexity index is 998. The third-order valence-electron chi connectivity index (χ3n) is 4.52. The monoisotopic (exact) mass is 485 g/mol. The lowest BCUT2D eigenvalue weighted by Crippen LogP contribution is -2.40. The van der Waals surface area contributed by atoms with Gasteiger partial charge in [0.05, 0.1) is 35.4 Å².